The van der Waals surface area contributed by atoms with Gasteiger partial charge in [0, 0.05) is 12.2 Å². The number of nitrogens with two attached hydrogens (primary N) is 1. The predicted molar refractivity (Wildman–Crippen MR) is 68.6 cm³/mol. The molecule has 0 aliphatic rings. The number of carboxylic acids is 2. The summed E-state index contributed by atoms with van der Waals surface area (Å²) < 4.78 is 36.5. The van der Waals surface area contributed by atoms with E-state index in [1.807, 2.05) is 0 Å². The van der Waals surface area contributed by atoms with E-state index in [4.69, 9.17) is 15.9 Å². The summed E-state index contributed by atoms with van der Waals surface area (Å²) in [5.41, 5.74) is 5.25. The van der Waals surface area contributed by atoms with Crippen LogP contribution in [0.5, 0.6) is 0 Å². The van der Waals surface area contributed by atoms with Crippen LogP contribution in [0.15, 0.2) is 36.4 Å². The summed E-state index contributed by atoms with van der Waals surface area (Å²) in [5.74, 6) is -2.51. The molecule has 0 aromatic heterocycles. The molecule has 0 aliphatic heterocycles. The maximum atomic E-state index is 12.2. The molecule has 21 heavy (non-hydrogen) atoms. The highest BCUT2D eigenvalue weighted by Gasteiger charge is 2.30. The lowest BCUT2D eigenvalue weighted by molar-refractivity contribution is -0.137. The van der Waals surface area contributed by atoms with Crippen LogP contribution in [0.3, 0.4) is 0 Å². The number of carbonyl (C=O) groups is 2. The standard InChI is InChI=1S/C9H10F3N.C4H4O4/c10-9(11,12)8-3-1-2-7(6-8)4-5-13;5-3(6)1-2-4(7)8/h1-3,6H,4-5,13H2;1-2H,(H,5,6)(H,7,8)/b;2-1+. The van der Waals surface area contributed by atoms with Crippen molar-refractivity contribution in [3.05, 3.63) is 47.5 Å². The zero-order chi connectivity index (χ0) is 16.5. The second kappa shape index (κ2) is 8.75. The first-order chi connectivity index (χ1) is 9.66. The van der Waals surface area contributed by atoms with E-state index in [1.165, 1.54) is 6.07 Å². The van der Waals surface area contributed by atoms with Gasteiger partial charge in [0.05, 0.1) is 5.56 Å². The highest BCUT2D eigenvalue weighted by Crippen LogP contribution is 2.29. The van der Waals surface area contributed by atoms with Crippen LogP contribution in [0.1, 0.15) is 11.1 Å². The Kier molecular flexibility index (Phi) is 7.77. The Morgan fingerprint density at radius 2 is 1.67 bits per heavy atom. The van der Waals surface area contributed by atoms with Crippen molar-refractivity contribution < 1.29 is 33.0 Å². The Balaban J connectivity index is 0.000000433. The third kappa shape index (κ3) is 9.22. The van der Waals surface area contributed by atoms with Gasteiger partial charge in [-0.05, 0) is 24.6 Å². The monoisotopic (exact) mass is 305 g/mol. The number of alkyl halides is 3. The molecule has 116 valence electrons. The van der Waals surface area contributed by atoms with Gasteiger partial charge in [0.1, 0.15) is 0 Å². The Bertz CT molecular complexity index is 496. The van der Waals surface area contributed by atoms with Gasteiger partial charge in [-0.1, -0.05) is 18.2 Å². The van der Waals surface area contributed by atoms with Gasteiger partial charge in [0.15, 0.2) is 0 Å². The molecule has 0 saturated carbocycles. The van der Waals surface area contributed by atoms with Gasteiger partial charge in [-0.2, -0.15) is 13.2 Å². The molecule has 5 nitrogen and oxygen atoms in total. The van der Waals surface area contributed by atoms with Crippen LogP contribution in [0.25, 0.3) is 0 Å². The fraction of sp³-hybridized carbons (Fsp3) is 0.231. The number of halogens is 3. The molecule has 1 aromatic rings. The quantitative estimate of drug-likeness (QED) is 0.738. The normalized spacial score (nSPS) is 10.9. The Labute approximate surface area is 118 Å². The van der Waals surface area contributed by atoms with E-state index >= 15 is 0 Å². The molecule has 0 atom stereocenters. The average molecular weight is 305 g/mol. The van der Waals surface area contributed by atoms with Crippen LogP contribution in [0, 0.1) is 0 Å². The second-order valence-electron chi connectivity index (χ2n) is 3.75. The molecule has 4 N–H and O–H groups in total. The number of benzene rings is 1. The van der Waals surface area contributed by atoms with Crippen molar-refractivity contribution in [1.82, 2.24) is 0 Å². The van der Waals surface area contributed by atoms with Gasteiger partial charge in [-0.3, -0.25) is 0 Å². The lowest BCUT2D eigenvalue weighted by Gasteiger charge is -2.07. The maximum Gasteiger partial charge on any atom is 0.416 e. The fourth-order valence-electron chi connectivity index (χ4n) is 1.21. The fourth-order valence-corrected chi connectivity index (χ4v) is 1.21. The third-order valence-corrected chi connectivity index (χ3v) is 2.06. The molecule has 0 amide bonds. The van der Waals surface area contributed by atoms with Gasteiger partial charge < -0.3 is 15.9 Å². The highest BCUT2D eigenvalue weighted by atomic mass is 19.4. The lowest BCUT2D eigenvalue weighted by Crippen LogP contribution is -2.07. The first-order valence-electron chi connectivity index (χ1n) is 5.67. The largest absolute Gasteiger partial charge is 0.478 e. The molecule has 1 rings (SSSR count). The molecular formula is C13H14F3NO4. The van der Waals surface area contributed by atoms with Crippen LogP contribution in [0.2, 0.25) is 0 Å². The molecule has 0 unspecified atom stereocenters. The molecule has 0 aliphatic carbocycles. The van der Waals surface area contributed by atoms with Crippen molar-refractivity contribution in [2.75, 3.05) is 6.54 Å². The van der Waals surface area contributed by atoms with Gasteiger partial charge in [0.2, 0.25) is 0 Å². The Morgan fingerprint density at radius 1 is 1.14 bits per heavy atom. The highest BCUT2D eigenvalue weighted by molar-refractivity contribution is 5.89. The van der Waals surface area contributed by atoms with Crippen LogP contribution in [-0.4, -0.2) is 28.7 Å². The van der Waals surface area contributed by atoms with E-state index in [1.54, 1.807) is 6.07 Å². The number of carboxylic acid groups (broad SMARTS) is 2. The third-order valence-electron chi connectivity index (χ3n) is 2.06. The zero-order valence-corrected chi connectivity index (χ0v) is 10.8. The summed E-state index contributed by atoms with van der Waals surface area (Å²) >= 11 is 0. The SMILES string of the molecule is NCCc1cccc(C(F)(F)F)c1.O=C(O)/C=C/C(=O)O. The summed E-state index contributed by atoms with van der Waals surface area (Å²) in [6, 6.07) is 5.22. The van der Waals surface area contributed by atoms with Crippen molar-refractivity contribution in [2.45, 2.75) is 12.6 Å². The maximum absolute atomic E-state index is 12.2. The number of aliphatic carboxylic acids is 2. The topological polar surface area (TPSA) is 101 Å². The first-order valence-corrected chi connectivity index (χ1v) is 5.67. The Morgan fingerprint density at radius 3 is 2.05 bits per heavy atom. The number of hydrogen-bond donors (Lipinski definition) is 3. The van der Waals surface area contributed by atoms with Crippen LogP contribution >= 0.6 is 0 Å². The predicted octanol–water partition coefficient (Wildman–Crippen LogP) is 1.92. The smallest absolute Gasteiger partial charge is 0.416 e. The van der Waals surface area contributed by atoms with E-state index in [2.05, 4.69) is 0 Å². The van der Waals surface area contributed by atoms with Gasteiger partial charge in [-0.25, -0.2) is 9.59 Å². The molecule has 0 radical (unpaired) electrons. The van der Waals surface area contributed by atoms with E-state index in [-0.39, 0.29) is 0 Å². The van der Waals surface area contributed by atoms with Crippen LogP contribution in [0.4, 0.5) is 13.2 Å². The van der Waals surface area contributed by atoms with Crippen molar-refractivity contribution in [3.63, 3.8) is 0 Å². The molecule has 0 spiro atoms. The molecular weight excluding hydrogens is 291 g/mol. The molecule has 0 saturated heterocycles. The molecule has 0 bridgehead atoms. The molecule has 1 aromatic carbocycles. The van der Waals surface area contributed by atoms with Gasteiger partial charge in [-0.15, -0.1) is 0 Å². The minimum Gasteiger partial charge on any atom is -0.478 e. The van der Waals surface area contributed by atoms with E-state index in [9.17, 15) is 22.8 Å². The summed E-state index contributed by atoms with van der Waals surface area (Å²) in [6.45, 7) is 0.362. The summed E-state index contributed by atoms with van der Waals surface area (Å²) in [5, 5.41) is 15.6. The van der Waals surface area contributed by atoms with E-state index in [0.717, 1.165) is 12.1 Å². The zero-order valence-electron chi connectivity index (χ0n) is 10.8. The minimum atomic E-state index is -4.26. The summed E-state index contributed by atoms with van der Waals surface area (Å²) in [4.78, 5) is 19.1. The van der Waals surface area contributed by atoms with Crippen LogP contribution in [-0.2, 0) is 22.2 Å². The molecule has 0 fully saturated rings. The molecule has 0 heterocycles. The summed E-state index contributed by atoms with van der Waals surface area (Å²) in [7, 11) is 0. The van der Waals surface area contributed by atoms with Gasteiger partial charge in [0.25, 0.3) is 0 Å². The van der Waals surface area contributed by atoms with Crippen molar-refractivity contribution in [2.24, 2.45) is 5.73 Å². The first kappa shape index (κ1) is 18.7. The summed E-state index contributed by atoms with van der Waals surface area (Å²) in [6.07, 6.45) is -2.67. The van der Waals surface area contributed by atoms with Crippen molar-refractivity contribution >= 4 is 11.9 Å². The van der Waals surface area contributed by atoms with Crippen LogP contribution < -0.4 is 5.73 Å². The van der Waals surface area contributed by atoms with Gasteiger partial charge >= 0.3 is 18.1 Å². The van der Waals surface area contributed by atoms with Crippen molar-refractivity contribution in [1.29, 1.82) is 0 Å². The second-order valence-corrected chi connectivity index (χ2v) is 3.75. The number of rotatable bonds is 4. The molecule has 8 heteroatoms. The Hall–Kier alpha value is -2.35. The lowest BCUT2D eigenvalue weighted by atomic mass is 10.1. The number of hydrogen-bond acceptors (Lipinski definition) is 3. The minimum absolute atomic E-state index is 0.362. The van der Waals surface area contributed by atoms with E-state index < -0.39 is 23.7 Å². The van der Waals surface area contributed by atoms with E-state index in [0.29, 0.717) is 30.7 Å². The van der Waals surface area contributed by atoms with Crippen molar-refractivity contribution in [3.8, 4) is 0 Å². The average Bonchev–Trinajstić information content (AvgIpc) is 2.37.